The van der Waals surface area contributed by atoms with Gasteiger partial charge in [-0.15, -0.1) is 0 Å². The normalized spacial score (nSPS) is 11.8. The van der Waals surface area contributed by atoms with Crippen molar-refractivity contribution in [2.75, 3.05) is 13.1 Å². The molecular weight excluding hydrogens is 390 g/mol. The van der Waals surface area contributed by atoms with Gasteiger partial charge in [0.2, 0.25) is 0 Å². The Balaban J connectivity index is 1.88. The predicted molar refractivity (Wildman–Crippen MR) is 87.6 cm³/mol. The van der Waals surface area contributed by atoms with Gasteiger partial charge in [0.15, 0.2) is 0 Å². The number of rotatable bonds is 5. The van der Waals surface area contributed by atoms with E-state index in [2.05, 4.69) is 10.6 Å². The van der Waals surface area contributed by atoms with E-state index in [9.17, 15) is 35.9 Å². The Morgan fingerprint density at radius 2 is 1.25 bits per heavy atom. The first-order valence-corrected chi connectivity index (χ1v) is 7.90. The quantitative estimate of drug-likeness (QED) is 0.587. The fourth-order valence-electron chi connectivity index (χ4n) is 2.29. The second kappa shape index (κ2) is 8.32. The molecule has 0 aliphatic rings. The molecule has 0 heterocycles. The summed E-state index contributed by atoms with van der Waals surface area (Å²) in [6, 6.07) is 7.75. The number of alkyl halides is 6. The zero-order valence-corrected chi connectivity index (χ0v) is 14.1. The van der Waals surface area contributed by atoms with Gasteiger partial charge in [-0.1, -0.05) is 12.1 Å². The van der Waals surface area contributed by atoms with Crippen molar-refractivity contribution in [3.8, 4) is 0 Å². The SMILES string of the molecule is O=C(NCCNC(=O)c1ccccc1C(F)(F)F)c1ccc(C(F)(F)F)cc1. The standard InChI is InChI=1S/C18H14F6N2O2/c19-17(20,21)12-7-5-11(6-8-12)15(27)25-9-10-26-16(28)13-3-1-2-4-14(13)18(22,23)24/h1-8H,9-10H2,(H,25,27)(H,26,28). The second-order valence-corrected chi connectivity index (χ2v) is 5.63. The molecule has 0 radical (unpaired) electrons. The Hall–Kier alpha value is -3.04. The second-order valence-electron chi connectivity index (χ2n) is 5.63. The molecule has 0 aliphatic heterocycles. The molecule has 28 heavy (non-hydrogen) atoms. The van der Waals surface area contributed by atoms with Gasteiger partial charge in [-0.05, 0) is 36.4 Å². The summed E-state index contributed by atoms with van der Waals surface area (Å²) in [6.07, 6.45) is -9.21. The van der Waals surface area contributed by atoms with Crippen molar-refractivity contribution in [3.63, 3.8) is 0 Å². The minimum atomic E-state index is -4.69. The molecule has 2 rings (SSSR count). The molecule has 4 nitrogen and oxygen atoms in total. The van der Waals surface area contributed by atoms with Crippen LogP contribution < -0.4 is 10.6 Å². The number of hydrogen-bond acceptors (Lipinski definition) is 2. The Bertz CT molecular complexity index is 844. The Morgan fingerprint density at radius 1 is 0.714 bits per heavy atom. The van der Waals surface area contributed by atoms with Crippen LogP contribution in [0.1, 0.15) is 31.8 Å². The molecule has 150 valence electrons. The fourth-order valence-corrected chi connectivity index (χ4v) is 2.29. The lowest BCUT2D eigenvalue weighted by Crippen LogP contribution is -2.35. The van der Waals surface area contributed by atoms with Gasteiger partial charge in [-0.25, -0.2) is 0 Å². The summed E-state index contributed by atoms with van der Waals surface area (Å²) in [5.74, 6) is -1.64. The average molecular weight is 404 g/mol. The van der Waals surface area contributed by atoms with Crippen molar-refractivity contribution in [2.45, 2.75) is 12.4 Å². The topological polar surface area (TPSA) is 58.2 Å². The lowest BCUT2D eigenvalue weighted by atomic mass is 10.1. The van der Waals surface area contributed by atoms with Gasteiger partial charge in [0.25, 0.3) is 11.8 Å². The van der Waals surface area contributed by atoms with Crippen LogP contribution in [0.3, 0.4) is 0 Å². The molecule has 0 atom stereocenters. The molecule has 2 N–H and O–H groups in total. The highest BCUT2D eigenvalue weighted by Gasteiger charge is 2.34. The van der Waals surface area contributed by atoms with Crippen molar-refractivity contribution >= 4 is 11.8 Å². The predicted octanol–water partition coefficient (Wildman–Crippen LogP) is 3.88. The Labute approximate surface area is 155 Å². The molecular formula is C18H14F6N2O2. The van der Waals surface area contributed by atoms with E-state index >= 15 is 0 Å². The smallest absolute Gasteiger partial charge is 0.350 e. The summed E-state index contributed by atoms with van der Waals surface area (Å²) in [5, 5.41) is 4.60. The van der Waals surface area contributed by atoms with Crippen LogP contribution in [0.25, 0.3) is 0 Å². The highest BCUT2D eigenvalue weighted by atomic mass is 19.4. The number of benzene rings is 2. The lowest BCUT2D eigenvalue weighted by Gasteiger charge is -2.13. The molecule has 0 bridgehead atoms. The Kier molecular flexibility index (Phi) is 6.32. The van der Waals surface area contributed by atoms with E-state index in [4.69, 9.17) is 0 Å². The molecule has 2 amide bonds. The first kappa shape index (κ1) is 21.3. The number of carbonyl (C=O) groups excluding carboxylic acids is 2. The first-order valence-electron chi connectivity index (χ1n) is 7.90. The van der Waals surface area contributed by atoms with Crippen molar-refractivity contribution in [1.82, 2.24) is 10.6 Å². The van der Waals surface area contributed by atoms with E-state index in [-0.39, 0.29) is 18.7 Å². The van der Waals surface area contributed by atoms with Crippen molar-refractivity contribution in [1.29, 1.82) is 0 Å². The zero-order valence-electron chi connectivity index (χ0n) is 14.1. The number of halogens is 6. The summed E-state index contributed by atoms with van der Waals surface area (Å²) in [4.78, 5) is 23.8. The van der Waals surface area contributed by atoms with E-state index in [0.717, 1.165) is 42.5 Å². The summed E-state index contributed by atoms with van der Waals surface area (Å²) >= 11 is 0. The monoisotopic (exact) mass is 404 g/mol. The van der Waals surface area contributed by atoms with E-state index < -0.39 is 40.9 Å². The number of carbonyl (C=O) groups is 2. The molecule has 0 aromatic heterocycles. The molecule has 0 saturated carbocycles. The van der Waals surface area contributed by atoms with E-state index in [0.29, 0.717) is 0 Å². The van der Waals surface area contributed by atoms with Gasteiger partial charge in [0, 0.05) is 18.7 Å². The fraction of sp³-hybridized carbons (Fsp3) is 0.222. The molecule has 2 aromatic carbocycles. The molecule has 0 spiro atoms. The number of hydrogen-bond donors (Lipinski definition) is 2. The highest BCUT2D eigenvalue weighted by Crippen LogP contribution is 2.31. The third-order valence-electron chi connectivity index (χ3n) is 3.65. The highest BCUT2D eigenvalue weighted by molar-refractivity contribution is 5.96. The minimum Gasteiger partial charge on any atom is -0.350 e. The minimum absolute atomic E-state index is 0.0262. The van der Waals surface area contributed by atoms with Gasteiger partial charge in [0.1, 0.15) is 0 Å². The van der Waals surface area contributed by atoms with Gasteiger partial charge in [-0.2, -0.15) is 26.3 Å². The van der Waals surface area contributed by atoms with Crippen LogP contribution in [0.4, 0.5) is 26.3 Å². The summed E-state index contributed by atoms with van der Waals surface area (Å²) in [6.45, 7) is -0.294. The number of amides is 2. The summed E-state index contributed by atoms with van der Waals surface area (Å²) in [5.41, 5.74) is -2.56. The van der Waals surface area contributed by atoms with Gasteiger partial charge >= 0.3 is 12.4 Å². The molecule has 0 fully saturated rings. The third kappa shape index (κ3) is 5.48. The molecule has 2 aromatic rings. The van der Waals surface area contributed by atoms with Crippen LogP contribution >= 0.6 is 0 Å². The maximum absolute atomic E-state index is 12.9. The summed E-state index contributed by atoms with van der Waals surface area (Å²) < 4.78 is 76.1. The number of nitrogens with one attached hydrogen (secondary N) is 2. The van der Waals surface area contributed by atoms with E-state index in [1.165, 1.54) is 6.07 Å². The lowest BCUT2D eigenvalue weighted by molar-refractivity contribution is -0.138. The maximum Gasteiger partial charge on any atom is 0.417 e. The van der Waals surface area contributed by atoms with Crippen LogP contribution in [0.2, 0.25) is 0 Å². The molecule has 0 aliphatic carbocycles. The summed E-state index contributed by atoms with van der Waals surface area (Å²) in [7, 11) is 0. The van der Waals surface area contributed by atoms with Crippen LogP contribution in [0.15, 0.2) is 48.5 Å². The Morgan fingerprint density at radius 3 is 1.79 bits per heavy atom. The van der Waals surface area contributed by atoms with Crippen LogP contribution in [-0.2, 0) is 12.4 Å². The average Bonchev–Trinajstić information content (AvgIpc) is 2.63. The third-order valence-corrected chi connectivity index (χ3v) is 3.65. The van der Waals surface area contributed by atoms with Gasteiger partial charge < -0.3 is 10.6 Å². The van der Waals surface area contributed by atoms with E-state index in [1.54, 1.807) is 0 Å². The maximum atomic E-state index is 12.9. The van der Waals surface area contributed by atoms with Gasteiger partial charge in [-0.3, -0.25) is 9.59 Å². The van der Waals surface area contributed by atoms with Crippen LogP contribution in [-0.4, -0.2) is 24.9 Å². The molecule has 10 heteroatoms. The van der Waals surface area contributed by atoms with Crippen molar-refractivity contribution in [3.05, 3.63) is 70.8 Å². The van der Waals surface area contributed by atoms with Crippen molar-refractivity contribution < 1.29 is 35.9 Å². The van der Waals surface area contributed by atoms with Gasteiger partial charge in [0.05, 0.1) is 16.7 Å². The van der Waals surface area contributed by atoms with Crippen LogP contribution in [0, 0.1) is 0 Å². The first-order chi connectivity index (χ1) is 13.0. The van der Waals surface area contributed by atoms with Crippen LogP contribution in [0.5, 0.6) is 0 Å². The molecule has 0 saturated heterocycles. The van der Waals surface area contributed by atoms with Crippen molar-refractivity contribution in [2.24, 2.45) is 0 Å². The molecule has 0 unspecified atom stereocenters. The zero-order chi connectivity index (χ0) is 20.9. The van der Waals surface area contributed by atoms with E-state index in [1.807, 2.05) is 0 Å². The largest absolute Gasteiger partial charge is 0.417 e.